The molecule has 1 fully saturated rings. The Hall–Kier alpha value is -3.61. The summed E-state index contributed by atoms with van der Waals surface area (Å²) in [6, 6.07) is 21.0. The number of aryl methyl sites for hydroxylation is 1. The molecule has 6 heteroatoms. The smallest absolute Gasteiger partial charge is 0.166 e. The molecule has 4 aromatic rings. The first-order valence-electron chi connectivity index (χ1n) is 14.6. The summed E-state index contributed by atoms with van der Waals surface area (Å²) in [7, 11) is 1.70. The van der Waals surface area contributed by atoms with Crippen molar-refractivity contribution in [3.8, 4) is 11.5 Å². The standard InChI is InChI=1S/C34H32N2O4/c1-39-26-11-10-21-18-27-34(38)19-24-22-8-5-9-23-25(37)13-16-36(29(22)23)30(24)32-33(34,28(21)31(26)40-32)14-17-35(27)15-12-20-6-3-2-4-7-20/h2-11,27,32,38H,12-19H2,1H3/t27-,32+,33+,34-/m1/s1. The van der Waals surface area contributed by atoms with E-state index in [0.717, 1.165) is 77.1 Å². The van der Waals surface area contributed by atoms with E-state index in [0.29, 0.717) is 19.4 Å². The number of hydrogen-bond acceptors (Lipinski definition) is 5. The number of aliphatic hydroxyl groups is 1. The van der Waals surface area contributed by atoms with Gasteiger partial charge in [0.1, 0.15) is 0 Å². The molecule has 9 rings (SSSR count). The predicted molar refractivity (Wildman–Crippen MR) is 151 cm³/mol. The van der Waals surface area contributed by atoms with E-state index in [4.69, 9.17) is 9.47 Å². The molecule has 2 aliphatic carbocycles. The molecule has 202 valence electrons. The summed E-state index contributed by atoms with van der Waals surface area (Å²) in [5, 5.41) is 14.3. The maximum absolute atomic E-state index is 13.2. The number of ether oxygens (including phenoxy) is 2. The fourth-order valence-corrected chi connectivity index (χ4v) is 9.20. The van der Waals surface area contributed by atoms with Crippen LogP contribution in [0.4, 0.5) is 0 Å². The summed E-state index contributed by atoms with van der Waals surface area (Å²) in [4.78, 5) is 15.5. The van der Waals surface area contributed by atoms with Gasteiger partial charge in [0.2, 0.25) is 0 Å². The lowest BCUT2D eigenvalue weighted by atomic mass is 9.49. The topological polar surface area (TPSA) is 63.9 Å². The van der Waals surface area contributed by atoms with Crippen LogP contribution in [0, 0.1) is 0 Å². The van der Waals surface area contributed by atoms with Crippen molar-refractivity contribution in [2.24, 2.45) is 0 Å². The summed E-state index contributed by atoms with van der Waals surface area (Å²) >= 11 is 0. The monoisotopic (exact) mass is 532 g/mol. The number of para-hydroxylation sites is 1. The van der Waals surface area contributed by atoms with E-state index >= 15 is 0 Å². The Kier molecular flexibility index (Phi) is 4.49. The molecule has 3 aliphatic heterocycles. The molecule has 0 radical (unpaired) electrons. The fraction of sp³-hybridized carbons (Fsp3) is 0.382. The Bertz CT molecular complexity index is 1740. The third-order valence-electron chi connectivity index (χ3n) is 10.8. The van der Waals surface area contributed by atoms with Gasteiger partial charge in [-0.3, -0.25) is 9.69 Å². The SMILES string of the molecule is COc1ccc2c3c1O[C@H]1c4c(c5cccc6c5n4CCC6=O)C[C@@]4(O)[C@@H](C2)N(CCc2ccccc2)CC[C@]314. The highest BCUT2D eigenvalue weighted by Crippen LogP contribution is 2.69. The number of carbonyl (C=O) groups is 1. The molecule has 4 atom stereocenters. The van der Waals surface area contributed by atoms with Crippen molar-refractivity contribution in [1.82, 2.24) is 9.47 Å². The van der Waals surface area contributed by atoms with E-state index in [1.165, 1.54) is 11.1 Å². The number of likely N-dealkylation sites (tertiary alicyclic amines) is 1. The number of hydrogen-bond donors (Lipinski definition) is 1. The number of piperidine rings is 1. The molecule has 1 spiro atoms. The highest BCUT2D eigenvalue weighted by Gasteiger charge is 2.73. The van der Waals surface area contributed by atoms with E-state index in [1.807, 2.05) is 18.2 Å². The number of rotatable bonds is 4. The Labute approximate surface area is 233 Å². The normalized spacial score (nSPS) is 29.2. The number of nitrogens with zero attached hydrogens (tertiary/aromatic N) is 2. The average molecular weight is 533 g/mol. The number of benzene rings is 3. The van der Waals surface area contributed by atoms with Crippen LogP contribution in [0.15, 0.2) is 60.7 Å². The molecule has 5 aliphatic rings. The summed E-state index contributed by atoms with van der Waals surface area (Å²) < 4.78 is 15.2. The molecule has 1 saturated heterocycles. The van der Waals surface area contributed by atoms with Gasteiger partial charge < -0.3 is 19.1 Å². The molecule has 2 bridgehead atoms. The van der Waals surface area contributed by atoms with E-state index in [9.17, 15) is 9.90 Å². The highest BCUT2D eigenvalue weighted by atomic mass is 16.5. The molecule has 0 saturated carbocycles. The van der Waals surface area contributed by atoms with Crippen LogP contribution >= 0.6 is 0 Å². The number of carbonyl (C=O) groups excluding carboxylic acids is 1. The van der Waals surface area contributed by atoms with Crippen LogP contribution in [-0.4, -0.2) is 52.2 Å². The molecule has 4 heterocycles. The summed E-state index contributed by atoms with van der Waals surface area (Å²) in [5.74, 6) is 1.74. The van der Waals surface area contributed by atoms with Crippen LogP contribution in [0.2, 0.25) is 0 Å². The van der Waals surface area contributed by atoms with Crippen molar-refractivity contribution in [2.45, 2.75) is 61.8 Å². The van der Waals surface area contributed by atoms with E-state index in [2.05, 4.69) is 51.9 Å². The second kappa shape index (κ2) is 7.77. The molecule has 0 unspecified atom stereocenters. The quantitative estimate of drug-likeness (QED) is 0.410. The maximum atomic E-state index is 13.2. The highest BCUT2D eigenvalue weighted by molar-refractivity contribution is 6.09. The number of Topliss-reactive ketones (excluding diaryl/α,β-unsaturated/α-hetero) is 1. The lowest BCUT2D eigenvalue weighted by molar-refractivity contribution is -0.172. The summed E-state index contributed by atoms with van der Waals surface area (Å²) in [5.41, 5.74) is 6.32. The van der Waals surface area contributed by atoms with Gasteiger partial charge in [0.05, 0.1) is 29.3 Å². The number of methoxy groups -OCH3 is 1. The predicted octanol–water partition coefficient (Wildman–Crippen LogP) is 4.77. The zero-order valence-corrected chi connectivity index (χ0v) is 22.7. The summed E-state index contributed by atoms with van der Waals surface area (Å²) in [6.07, 6.45) is 3.29. The molecule has 1 N–H and O–H groups in total. The maximum Gasteiger partial charge on any atom is 0.166 e. The van der Waals surface area contributed by atoms with Crippen molar-refractivity contribution in [1.29, 1.82) is 0 Å². The van der Waals surface area contributed by atoms with Gasteiger partial charge in [-0.25, -0.2) is 0 Å². The van der Waals surface area contributed by atoms with Crippen molar-refractivity contribution in [2.75, 3.05) is 20.2 Å². The third-order valence-corrected chi connectivity index (χ3v) is 10.8. The Balaban J connectivity index is 1.27. The second-order valence-electron chi connectivity index (χ2n) is 12.3. The lowest BCUT2D eigenvalue weighted by Crippen LogP contribution is -2.74. The molecular formula is C34H32N2O4. The largest absolute Gasteiger partial charge is 0.493 e. The van der Waals surface area contributed by atoms with Gasteiger partial charge in [-0.2, -0.15) is 0 Å². The van der Waals surface area contributed by atoms with Crippen LogP contribution in [0.5, 0.6) is 11.5 Å². The van der Waals surface area contributed by atoms with Gasteiger partial charge in [-0.15, -0.1) is 0 Å². The number of ketones is 1. The molecule has 6 nitrogen and oxygen atoms in total. The van der Waals surface area contributed by atoms with E-state index in [1.54, 1.807) is 7.11 Å². The number of aromatic nitrogens is 1. The minimum atomic E-state index is -1.00. The first-order valence-corrected chi connectivity index (χ1v) is 14.6. The Morgan fingerprint density at radius 2 is 1.95 bits per heavy atom. The van der Waals surface area contributed by atoms with Crippen molar-refractivity contribution in [3.05, 3.63) is 94.2 Å². The van der Waals surface area contributed by atoms with Crippen LogP contribution in [0.25, 0.3) is 10.9 Å². The number of fused-ring (bicyclic) bond motifs is 4. The minimum Gasteiger partial charge on any atom is -0.493 e. The van der Waals surface area contributed by atoms with Crippen molar-refractivity contribution >= 4 is 16.7 Å². The molecule has 3 aromatic carbocycles. The van der Waals surface area contributed by atoms with Crippen LogP contribution in [-0.2, 0) is 31.2 Å². The van der Waals surface area contributed by atoms with Gasteiger partial charge >= 0.3 is 0 Å². The van der Waals surface area contributed by atoms with Crippen LogP contribution in [0.3, 0.4) is 0 Å². The molecular weight excluding hydrogens is 500 g/mol. The first kappa shape index (κ1) is 23.1. The van der Waals surface area contributed by atoms with Gasteiger partial charge in [0.15, 0.2) is 23.4 Å². The fourth-order valence-electron chi connectivity index (χ4n) is 9.20. The van der Waals surface area contributed by atoms with E-state index < -0.39 is 11.0 Å². The van der Waals surface area contributed by atoms with Crippen molar-refractivity contribution in [3.63, 3.8) is 0 Å². The third kappa shape index (κ3) is 2.60. The zero-order valence-electron chi connectivity index (χ0n) is 22.7. The first-order chi connectivity index (χ1) is 19.5. The zero-order chi connectivity index (χ0) is 26.8. The molecule has 1 aromatic heterocycles. The van der Waals surface area contributed by atoms with Gasteiger partial charge in [-0.1, -0.05) is 48.5 Å². The van der Waals surface area contributed by atoms with Gasteiger partial charge in [-0.05, 0) is 54.6 Å². The Morgan fingerprint density at radius 1 is 1.07 bits per heavy atom. The Morgan fingerprint density at radius 3 is 2.80 bits per heavy atom. The van der Waals surface area contributed by atoms with Crippen LogP contribution in [0.1, 0.15) is 57.3 Å². The lowest BCUT2D eigenvalue weighted by Gasteiger charge is -2.63. The summed E-state index contributed by atoms with van der Waals surface area (Å²) in [6.45, 7) is 2.47. The molecule has 0 amide bonds. The second-order valence-corrected chi connectivity index (χ2v) is 12.3. The van der Waals surface area contributed by atoms with Gasteiger partial charge in [0.25, 0.3) is 0 Å². The van der Waals surface area contributed by atoms with Crippen LogP contribution < -0.4 is 9.47 Å². The molecule has 40 heavy (non-hydrogen) atoms. The van der Waals surface area contributed by atoms with Crippen molar-refractivity contribution < 1.29 is 19.4 Å². The average Bonchev–Trinajstić information content (AvgIpc) is 3.48. The minimum absolute atomic E-state index is 0.0237. The van der Waals surface area contributed by atoms with E-state index in [-0.39, 0.29) is 17.9 Å². The van der Waals surface area contributed by atoms with Gasteiger partial charge in [0, 0.05) is 48.5 Å².